The summed E-state index contributed by atoms with van der Waals surface area (Å²) in [6.07, 6.45) is 3.16. The standard InChI is InChI=1S/C9H14N2O3/c1-2-14-8(9(12)13)4-7-11-6-3-5-10-11/h3,5-6,8H,2,4,7H2,1H3,(H,12,13). The van der Waals surface area contributed by atoms with Crippen molar-refractivity contribution in [3.8, 4) is 0 Å². The molecule has 1 atom stereocenters. The summed E-state index contributed by atoms with van der Waals surface area (Å²) in [5.41, 5.74) is 0. The minimum atomic E-state index is -0.918. The number of carboxylic acids is 1. The largest absolute Gasteiger partial charge is 0.479 e. The number of nitrogens with zero attached hydrogens (tertiary/aromatic N) is 2. The molecule has 1 unspecified atom stereocenters. The highest BCUT2D eigenvalue weighted by Gasteiger charge is 2.16. The van der Waals surface area contributed by atoms with Crippen LogP contribution in [0.25, 0.3) is 0 Å². The van der Waals surface area contributed by atoms with Gasteiger partial charge in [-0.05, 0) is 13.0 Å². The van der Waals surface area contributed by atoms with Crippen LogP contribution in [0.5, 0.6) is 0 Å². The molecule has 78 valence electrons. The number of aromatic nitrogens is 2. The Labute approximate surface area is 82.3 Å². The molecule has 1 N–H and O–H groups in total. The van der Waals surface area contributed by atoms with Crippen molar-refractivity contribution in [2.24, 2.45) is 0 Å². The summed E-state index contributed by atoms with van der Waals surface area (Å²) in [6, 6.07) is 1.80. The number of hydrogen-bond donors (Lipinski definition) is 1. The Hall–Kier alpha value is -1.36. The van der Waals surface area contributed by atoms with Crippen LogP contribution in [0.3, 0.4) is 0 Å². The Morgan fingerprint density at radius 2 is 2.50 bits per heavy atom. The number of carbonyl (C=O) groups is 1. The Bertz CT molecular complexity index is 272. The number of hydrogen-bond acceptors (Lipinski definition) is 3. The summed E-state index contributed by atoms with van der Waals surface area (Å²) in [4.78, 5) is 10.7. The molecule has 14 heavy (non-hydrogen) atoms. The molecule has 1 heterocycles. The van der Waals surface area contributed by atoms with Crippen molar-refractivity contribution < 1.29 is 14.6 Å². The molecule has 5 nitrogen and oxygen atoms in total. The van der Waals surface area contributed by atoms with Gasteiger partial charge in [-0.15, -0.1) is 0 Å². The molecule has 0 aromatic carbocycles. The average Bonchev–Trinajstić information content (AvgIpc) is 2.64. The lowest BCUT2D eigenvalue weighted by Crippen LogP contribution is -2.25. The van der Waals surface area contributed by atoms with E-state index >= 15 is 0 Å². The van der Waals surface area contributed by atoms with E-state index in [4.69, 9.17) is 9.84 Å². The van der Waals surface area contributed by atoms with E-state index < -0.39 is 12.1 Å². The fourth-order valence-corrected chi connectivity index (χ4v) is 1.16. The molecule has 0 bridgehead atoms. The van der Waals surface area contributed by atoms with Crippen LogP contribution in [0.15, 0.2) is 18.5 Å². The van der Waals surface area contributed by atoms with Crippen molar-refractivity contribution in [1.82, 2.24) is 9.78 Å². The van der Waals surface area contributed by atoms with Crippen LogP contribution in [0.4, 0.5) is 0 Å². The van der Waals surface area contributed by atoms with Crippen LogP contribution in [0.1, 0.15) is 13.3 Å². The van der Waals surface area contributed by atoms with E-state index in [0.29, 0.717) is 19.6 Å². The molecule has 1 aromatic heterocycles. The number of rotatable bonds is 6. The molecular formula is C9H14N2O3. The average molecular weight is 198 g/mol. The fourth-order valence-electron chi connectivity index (χ4n) is 1.16. The van der Waals surface area contributed by atoms with E-state index in [1.54, 1.807) is 30.1 Å². The third-order valence-electron chi connectivity index (χ3n) is 1.82. The molecule has 1 aromatic rings. The molecule has 0 aliphatic rings. The fraction of sp³-hybridized carbons (Fsp3) is 0.556. The zero-order chi connectivity index (χ0) is 10.4. The predicted octanol–water partition coefficient (Wildman–Crippen LogP) is 0.763. The summed E-state index contributed by atoms with van der Waals surface area (Å²) in [5, 5.41) is 12.8. The predicted molar refractivity (Wildman–Crippen MR) is 49.9 cm³/mol. The molecule has 0 radical (unpaired) electrons. The zero-order valence-corrected chi connectivity index (χ0v) is 8.09. The van der Waals surface area contributed by atoms with Gasteiger partial charge in [0.1, 0.15) is 0 Å². The highest BCUT2D eigenvalue weighted by Crippen LogP contribution is 2.01. The SMILES string of the molecule is CCOC(CCn1cccn1)C(=O)O. The van der Waals surface area contributed by atoms with Gasteiger partial charge in [-0.3, -0.25) is 4.68 Å². The van der Waals surface area contributed by atoms with E-state index in [1.165, 1.54) is 0 Å². The topological polar surface area (TPSA) is 64.4 Å². The van der Waals surface area contributed by atoms with Crippen LogP contribution in [0.2, 0.25) is 0 Å². The lowest BCUT2D eigenvalue weighted by Gasteiger charge is -2.11. The van der Waals surface area contributed by atoms with Crippen molar-refractivity contribution in [3.63, 3.8) is 0 Å². The molecular weight excluding hydrogens is 184 g/mol. The quantitative estimate of drug-likeness (QED) is 0.733. The maximum absolute atomic E-state index is 10.7. The van der Waals surface area contributed by atoms with E-state index in [2.05, 4.69) is 5.10 Å². The Balaban J connectivity index is 2.37. The number of carboxylic acid groups (broad SMARTS) is 1. The van der Waals surface area contributed by atoms with Gasteiger partial charge in [-0.25, -0.2) is 4.79 Å². The molecule has 0 aliphatic carbocycles. The summed E-state index contributed by atoms with van der Waals surface area (Å²) < 4.78 is 6.75. The van der Waals surface area contributed by atoms with Gasteiger partial charge < -0.3 is 9.84 Å². The van der Waals surface area contributed by atoms with Crippen molar-refractivity contribution >= 4 is 5.97 Å². The van der Waals surface area contributed by atoms with E-state index in [0.717, 1.165) is 0 Å². The molecule has 0 amide bonds. The molecule has 0 aliphatic heterocycles. The minimum absolute atomic E-state index is 0.413. The van der Waals surface area contributed by atoms with E-state index in [-0.39, 0.29) is 0 Å². The van der Waals surface area contributed by atoms with Crippen LogP contribution in [-0.2, 0) is 16.1 Å². The van der Waals surface area contributed by atoms with Gasteiger partial charge in [0.2, 0.25) is 0 Å². The second-order valence-corrected chi connectivity index (χ2v) is 2.84. The van der Waals surface area contributed by atoms with Crippen LogP contribution in [0, 0.1) is 0 Å². The second-order valence-electron chi connectivity index (χ2n) is 2.84. The summed E-state index contributed by atoms with van der Waals surface area (Å²) in [7, 11) is 0. The zero-order valence-electron chi connectivity index (χ0n) is 8.09. The van der Waals surface area contributed by atoms with Crippen molar-refractivity contribution in [1.29, 1.82) is 0 Å². The third-order valence-corrected chi connectivity index (χ3v) is 1.82. The molecule has 0 fully saturated rings. The highest BCUT2D eigenvalue weighted by molar-refractivity contribution is 5.72. The molecule has 5 heteroatoms. The third kappa shape index (κ3) is 3.18. The summed E-state index contributed by atoms with van der Waals surface area (Å²) >= 11 is 0. The lowest BCUT2D eigenvalue weighted by molar-refractivity contribution is -0.150. The first-order chi connectivity index (χ1) is 6.74. The first-order valence-corrected chi connectivity index (χ1v) is 4.56. The Morgan fingerprint density at radius 1 is 1.71 bits per heavy atom. The number of aryl methyl sites for hydroxylation is 1. The summed E-state index contributed by atoms with van der Waals surface area (Å²) in [6.45, 7) is 2.75. The smallest absolute Gasteiger partial charge is 0.332 e. The first-order valence-electron chi connectivity index (χ1n) is 4.56. The van der Waals surface area contributed by atoms with Crippen molar-refractivity contribution in [2.45, 2.75) is 26.0 Å². The van der Waals surface area contributed by atoms with Crippen molar-refractivity contribution in [3.05, 3.63) is 18.5 Å². The number of aliphatic carboxylic acids is 1. The van der Waals surface area contributed by atoms with Gasteiger partial charge in [0.15, 0.2) is 6.10 Å². The van der Waals surface area contributed by atoms with Crippen molar-refractivity contribution in [2.75, 3.05) is 6.61 Å². The van der Waals surface area contributed by atoms with E-state index in [1.807, 2.05) is 0 Å². The van der Waals surface area contributed by atoms with Crippen LogP contribution >= 0.6 is 0 Å². The maximum atomic E-state index is 10.7. The molecule has 1 rings (SSSR count). The highest BCUT2D eigenvalue weighted by atomic mass is 16.5. The second kappa shape index (κ2) is 5.39. The monoisotopic (exact) mass is 198 g/mol. The van der Waals surface area contributed by atoms with Gasteiger partial charge in [0, 0.05) is 32.0 Å². The molecule has 0 spiro atoms. The lowest BCUT2D eigenvalue weighted by atomic mass is 10.2. The van der Waals surface area contributed by atoms with Gasteiger partial charge in [0.05, 0.1) is 0 Å². The van der Waals surface area contributed by atoms with Crippen LogP contribution < -0.4 is 0 Å². The Kier molecular flexibility index (Phi) is 4.12. The maximum Gasteiger partial charge on any atom is 0.332 e. The van der Waals surface area contributed by atoms with Crippen LogP contribution in [-0.4, -0.2) is 33.6 Å². The van der Waals surface area contributed by atoms with Gasteiger partial charge >= 0.3 is 5.97 Å². The number of ether oxygens (including phenoxy) is 1. The minimum Gasteiger partial charge on any atom is -0.479 e. The van der Waals surface area contributed by atoms with Gasteiger partial charge in [-0.1, -0.05) is 0 Å². The van der Waals surface area contributed by atoms with Gasteiger partial charge in [0.25, 0.3) is 0 Å². The Morgan fingerprint density at radius 3 is 3.00 bits per heavy atom. The van der Waals surface area contributed by atoms with E-state index in [9.17, 15) is 4.79 Å². The van der Waals surface area contributed by atoms with Gasteiger partial charge in [-0.2, -0.15) is 5.10 Å². The first kappa shape index (κ1) is 10.7. The normalized spacial score (nSPS) is 12.6. The molecule has 0 saturated carbocycles. The summed E-state index contributed by atoms with van der Waals surface area (Å²) in [5.74, 6) is -0.918. The molecule has 0 saturated heterocycles.